The number of alkyl halides is 3. The Labute approximate surface area is 121 Å². The molecule has 1 aliphatic rings. The number of halogens is 3. The van der Waals surface area contributed by atoms with Crippen LogP contribution in [-0.4, -0.2) is 45.7 Å². The Hall–Kier alpha value is -1.60. The summed E-state index contributed by atoms with van der Waals surface area (Å²) in [5.41, 5.74) is -0.981. The molecule has 0 bridgehead atoms. The lowest BCUT2D eigenvalue weighted by molar-refractivity contribution is -0.999. The normalized spacial score (nSPS) is 22.9. The summed E-state index contributed by atoms with van der Waals surface area (Å²) in [4.78, 5) is 14.5. The topological polar surface area (TPSA) is 38.0 Å². The van der Waals surface area contributed by atoms with Gasteiger partial charge in [0.1, 0.15) is 26.2 Å². The maximum absolute atomic E-state index is 12.8. The number of hydrogen-bond donors (Lipinski definition) is 3. The van der Waals surface area contributed by atoms with E-state index in [1.165, 1.54) is 23.1 Å². The number of piperazine rings is 1. The first-order valence-corrected chi connectivity index (χ1v) is 6.97. The molecule has 116 valence electrons. The van der Waals surface area contributed by atoms with Crippen LogP contribution < -0.4 is 15.1 Å². The van der Waals surface area contributed by atoms with Gasteiger partial charge < -0.3 is 15.1 Å². The van der Waals surface area contributed by atoms with Crippen LogP contribution in [0.15, 0.2) is 24.3 Å². The maximum atomic E-state index is 12.8. The van der Waals surface area contributed by atoms with Crippen molar-refractivity contribution in [1.82, 2.24) is 0 Å². The Bertz CT molecular complexity index is 496. The number of carbonyl (C=O) groups is 1. The average Bonchev–Trinajstić information content (AvgIpc) is 2.41. The molecule has 0 saturated carbocycles. The van der Waals surface area contributed by atoms with Gasteiger partial charge in [-0.2, -0.15) is 13.2 Å². The van der Waals surface area contributed by atoms with Gasteiger partial charge in [-0.15, -0.1) is 0 Å². The highest BCUT2D eigenvalue weighted by atomic mass is 19.4. The summed E-state index contributed by atoms with van der Waals surface area (Å²) in [5, 5.41) is 2.39. The standard InChI is InChI=1S/C14H18F3N3O/c1-19-6-8-20(9-7-19)10-13(21)18-12-5-3-2-4-11(12)14(15,16)17/h2-5H,6-10H2,1H3,(H,18,21)/p+2. The van der Waals surface area contributed by atoms with E-state index in [1.807, 2.05) is 0 Å². The number of nitrogens with one attached hydrogen (secondary N) is 3. The highest BCUT2D eigenvalue weighted by Crippen LogP contribution is 2.34. The second kappa shape index (κ2) is 6.44. The number of quaternary nitrogens is 2. The molecule has 0 aliphatic carbocycles. The molecule has 0 unspecified atom stereocenters. The van der Waals surface area contributed by atoms with E-state index in [1.54, 1.807) is 0 Å². The van der Waals surface area contributed by atoms with Gasteiger partial charge in [0.15, 0.2) is 6.54 Å². The van der Waals surface area contributed by atoms with E-state index in [0.29, 0.717) is 0 Å². The van der Waals surface area contributed by atoms with Crippen LogP contribution in [0, 0.1) is 0 Å². The monoisotopic (exact) mass is 303 g/mol. The van der Waals surface area contributed by atoms with Crippen molar-refractivity contribution < 1.29 is 27.8 Å². The molecule has 0 atom stereocenters. The Balaban J connectivity index is 1.97. The summed E-state index contributed by atoms with van der Waals surface area (Å²) < 4.78 is 38.5. The molecule has 7 heteroatoms. The third kappa shape index (κ3) is 4.44. The Morgan fingerprint density at radius 1 is 1.19 bits per heavy atom. The van der Waals surface area contributed by atoms with Crippen LogP contribution in [-0.2, 0) is 11.0 Å². The van der Waals surface area contributed by atoms with Gasteiger partial charge in [-0.3, -0.25) is 4.79 Å². The van der Waals surface area contributed by atoms with Crippen LogP contribution in [0.3, 0.4) is 0 Å². The number of amides is 1. The number of carbonyl (C=O) groups excluding carboxylic acids is 1. The van der Waals surface area contributed by atoms with Gasteiger partial charge in [-0.25, -0.2) is 0 Å². The van der Waals surface area contributed by atoms with Crippen LogP contribution in [0.5, 0.6) is 0 Å². The van der Waals surface area contributed by atoms with Gasteiger partial charge in [0.05, 0.1) is 18.3 Å². The molecule has 4 nitrogen and oxygen atoms in total. The predicted octanol–water partition coefficient (Wildman–Crippen LogP) is -0.943. The zero-order valence-electron chi connectivity index (χ0n) is 11.9. The summed E-state index contributed by atoms with van der Waals surface area (Å²) in [6.45, 7) is 3.88. The van der Waals surface area contributed by atoms with Gasteiger partial charge in [0.25, 0.3) is 5.91 Å². The largest absolute Gasteiger partial charge is 0.418 e. The van der Waals surface area contributed by atoms with Crippen molar-refractivity contribution in [2.75, 3.05) is 45.1 Å². The first kappa shape index (κ1) is 15.8. The van der Waals surface area contributed by atoms with E-state index in [4.69, 9.17) is 0 Å². The minimum Gasteiger partial charge on any atom is -0.328 e. The minimum absolute atomic E-state index is 0.172. The zero-order valence-corrected chi connectivity index (χ0v) is 11.9. The molecule has 21 heavy (non-hydrogen) atoms. The second-order valence-electron chi connectivity index (χ2n) is 5.48. The fourth-order valence-corrected chi connectivity index (χ4v) is 2.47. The molecular formula is C14H20F3N3O+2. The number of likely N-dealkylation sites (N-methyl/N-ethyl adjacent to an activating group) is 1. The molecule has 1 fully saturated rings. The number of benzene rings is 1. The lowest BCUT2D eigenvalue weighted by Crippen LogP contribution is -3.27. The van der Waals surface area contributed by atoms with E-state index in [-0.39, 0.29) is 18.1 Å². The van der Waals surface area contributed by atoms with E-state index >= 15 is 0 Å². The van der Waals surface area contributed by atoms with Crippen molar-refractivity contribution in [2.45, 2.75) is 6.18 Å². The van der Waals surface area contributed by atoms with Gasteiger partial charge in [-0.05, 0) is 12.1 Å². The number of para-hydroxylation sites is 1. The van der Waals surface area contributed by atoms with Crippen LogP contribution in [0.2, 0.25) is 0 Å². The molecular weight excluding hydrogens is 283 g/mol. The third-order valence-corrected chi connectivity index (χ3v) is 3.73. The molecule has 1 saturated heterocycles. The lowest BCUT2D eigenvalue weighted by Gasteiger charge is -2.26. The first-order valence-electron chi connectivity index (χ1n) is 6.97. The number of rotatable bonds is 3. The summed E-state index contributed by atoms with van der Waals surface area (Å²) in [5.74, 6) is -0.374. The van der Waals surface area contributed by atoms with Crippen molar-refractivity contribution in [2.24, 2.45) is 0 Å². The van der Waals surface area contributed by atoms with Crippen molar-refractivity contribution in [1.29, 1.82) is 0 Å². The molecule has 0 radical (unpaired) electrons. The SMILES string of the molecule is C[NH+]1CC[NH+](CC(=O)Nc2ccccc2C(F)(F)F)CC1. The molecule has 1 heterocycles. The summed E-state index contributed by atoms with van der Waals surface area (Å²) in [6.07, 6.45) is -4.46. The maximum Gasteiger partial charge on any atom is 0.418 e. The summed E-state index contributed by atoms with van der Waals surface area (Å²) in [7, 11) is 2.09. The van der Waals surface area contributed by atoms with Crippen LogP contribution in [0.25, 0.3) is 0 Å². The highest BCUT2D eigenvalue weighted by Gasteiger charge is 2.33. The Kier molecular flexibility index (Phi) is 4.84. The second-order valence-corrected chi connectivity index (χ2v) is 5.48. The summed E-state index contributed by atoms with van der Waals surface area (Å²) in [6, 6.07) is 5.05. The van der Waals surface area contributed by atoms with Gasteiger partial charge in [-0.1, -0.05) is 12.1 Å². The minimum atomic E-state index is -4.46. The molecule has 1 aliphatic heterocycles. The van der Waals surface area contributed by atoms with Crippen LogP contribution >= 0.6 is 0 Å². The Morgan fingerprint density at radius 2 is 1.81 bits per heavy atom. The van der Waals surface area contributed by atoms with Crippen molar-refractivity contribution in [3.63, 3.8) is 0 Å². The first-order chi connectivity index (χ1) is 9.86. The van der Waals surface area contributed by atoms with Gasteiger partial charge in [0, 0.05) is 0 Å². The quantitative estimate of drug-likeness (QED) is 0.662. The van der Waals surface area contributed by atoms with E-state index in [2.05, 4.69) is 12.4 Å². The fourth-order valence-electron chi connectivity index (χ4n) is 2.47. The third-order valence-electron chi connectivity index (χ3n) is 3.73. The van der Waals surface area contributed by atoms with E-state index < -0.39 is 11.7 Å². The molecule has 0 spiro atoms. The Morgan fingerprint density at radius 3 is 2.43 bits per heavy atom. The molecule has 1 aromatic rings. The van der Waals surface area contributed by atoms with Crippen LogP contribution in [0.1, 0.15) is 5.56 Å². The highest BCUT2D eigenvalue weighted by molar-refractivity contribution is 5.92. The van der Waals surface area contributed by atoms with Crippen molar-refractivity contribution in [3.8, 4) is 0 Å². The molecule has 3 N–H and O–H groups in total. The lowest BCUT2D eigenvalue weighted by atomic mass is 10.1. The van der Waals surface area contributed by atoms with E-state index in [9.17, 15) is 18.0 Å². The van der Waals surface area contributed by atoms with Gasteiger partial charge >= 0.3 is 6.18 Å². The van der Waals surface area contributed by atoms with Crippen molar-refractivity contribution in [3.05, 3.63) is 29.8 Å². The number of hydrogen-bond acceptors (Lipinski definition) is 1. The average molecular weight is 303 g/mol. The fraction of sp³-hybridized carbons (Fsp3) is 0.500. The van der Waals surface area contributed by atoms with Crippen LogP contribution in [0.4, 0.5) is 18.9 Å². The molecule has 2 rings (SSSR count). The summed E-state index contributed by atoms with van der Waals surface area (Å²) >= 11 is 0. The van der Waals surface area contributed by atoms with E-state index in [0.717, 1.165) is 37.1 Å². The van der Waals surface area contributed by atoms with Gasteiger partial charge in [0.2, 0.25) is 0 Å². The molecule has 0 aromatic heterocycles. The molecule has 1 amide bonds. The number of anilines is 1. The van der Waals surface area contributed by atoms with Crippen molar-refractivity contribution >= 4 is 11.6 Å². The molecule has 1 aromatic carbocycles. The zero-order chi connectivity index (χ0) is 15.5. The smallest absolute Gasteiger partial charge is 0.328 e. The predicted molar refractivity (Wildman–Crippen MR) is 72.3 cm³/mol.